The lowest BCUT2D eigenvalue weighted by Gasteiger charge is -2.18. The first-order chi connectivity index (χ1) is 8.00. The summed E-state index contributed by atoms with van der Waals surface area (Å²) >= 11 is 0. The summed E-state index contributed by atoms with van der Waals surface area (Å²) in [6, 6.07) is 1.54. The molecule has 1 aliphatic heterocycles. The zero-order chi connectivity index (χ0) is 12.5. The minimum absolute atomic E-state index is 0.0255. The van der Waals surface area contributed by atoms with Crippen molar-refractivity contribution in [1.29, 1.82) is 0 Å². The van der Waals surface area contributed by atoms with Gasteiger partial charge in [-0.05, 0) is 12.5 Å². The number of aromatic nitrogens is 1. The van der Waals surface area contributed by atoms with Crippen LogP contribution in [0.5, 0.6) is 0 Å². The molecule has 0 spiro atoms. The van der Waals surface area contributed by atoms with Crippen LogP contribution < -0.4 is 4.90 Å². The Morgan fingerprint density at radius 1 is 1.53 bits per heavy atom. The summed E-state index contributed by atoms with van der Waals surface area (Å²) in [5, 5.41) is 0. The Balaban J connectivity index is 2.23. The fourth-order valence-electron chi connectivity index (χ4n) is 1.87. The van der Waals surface area contributed by atoms with Gasteiger partial charge in [0, 0.05) is 37.1 Å². The van der Waals surface area contributed by atoms with Crippen LogP contribution in [0.1, 0.15) is 6.42 Å². The normalized spacial score (nSPS) is 20.8. The van der Waals surface area contributed by atoms with E-state index in [9.17, 15) is 8.42 Å². The topological polar surface area (TPSA) is 59.5 Å². The van der Waals surface area contributed by atoms with E-state index in [1.54, 1.807) is 13.3 Å². The molecule has 0 aliphatic carbocycles. The summed E-state index contributed by atoms with van der Waals surface area (Å²) in [5.41, 5.74) is 0.756. The predicted molar refractivity (Wildman–Crippen MR) is 64.9 cm³/mol. The standard InChI is InChI=1S/C10H13ClN2O3S/c1-16-9-2-3-13(7-9)8-4-10(6-12-5-8)17(11,14)15/h4-6,9H,2-3,7H2,1H3/t9-/m0/s1. The fourth-order valence-corrected chi connectivity index (χ4v) is 2.57. The molecule has 0 saturated carbocycles. The summed E-state index contributed by atoms with van der Waals surface area (Å²) in [4.78, 5) is 5.96. The second-order valence-corrected chi connectivity index (χ2v) is 6.48. The average Bonchev–Trinajstić information content (AvgIpc) is 2.76. The number of anilines is 1. The van der Waals surface area contributed by atoms with Crippen molar-refractivity contribution in [3.05, 3.63) is 18.5 Å². The number of pyridine rings is 1. The van der Waals surface area contributed by atoms with Crippen molar-refractivity contribution in [1.82, 2.24) is 4.98 Å². The second kappa shape index (κ2) is 4.80. The van der Waals surface area contributed by atoms with E-state index in [0.717, 1.165) is 25.2 Å². The molecule has 1 aliphatic rings. The van der Waals surface area contributed by atoms with Gasteiger partial charge in [-0.15, -0.1) is 0 Å². The first-order valence-corrected chi connectivity index (χ1v) is 7.49. The number of hydrogen-bond acceptors (Lipinski definition) is 5. The van der Waals surface area contributed by atoms with Crippen molar-refractivity contribution in [3.8, 4) is 0 Å². The zero-order valence-corrected chi connectivity index (χ0v) is 10.9. The SMILES string of the molecule is CO[C@H]1CCN(c2cncc(S(=O)(=O)Cl)c2)C1. The molecule has 1 aromatic rings. The van der Waals surface area contributed by atoms with Crippen LogP contribution in [0.4, 0.5) is 5.69 Å². The molecule has 2 heterocycles. The van der Waals surface area contributed by atoms with E-state index in [1.165, 1.54) is 12.3 Å². The maximum atomic E-state index is 11.2. The van der Waals surface area contributed by atoms with Gasteiger partial charge < -0.3 is 9.64 Å². The van der Waals surface area contributed by atoms with Crippen LogP contribution in [0.3, 0.4) is 0 Å². The van der Waals surface area contributed by atoms with Gasteiger partial charge in [-0.25, -0.2) is 8.42 Å². The van der Waals surface area contributed by atoms with E-state index in [2.05, 4.69) is 4.98 Å². The third-order valence-corrected chi connectivity index (χ3v) is 4.14. The van der Waals surface area contributed by atoms with Crippen molar-refractivity contribution < 1.29 is 13.2 Å². The average molecular weight is 277 g/mol. The molecule has 5 nitrogen and oxygen atoms in total. The highest BCUT2D eigenvalue weighted by atomic mass is 35.7. The highest BCUT2D eigenvalue weighted by Gasteiger charge is 2.23. The Morgan fingerprint density at radius 2 is 2.29 bits per heavy atom. The monoisotopic (exact) mass is 276 g/mol. The Kier molecular flexibility index (Phi) is 3.56. The van der Waals surface area contributed by atoms with Gasteiger partial charge in [-0.1, -0.05) is 0 Å². The molecule has 1 aromatic heterocycles. The summed E-state index contributed by atoms with van der Waals surface area (Å²) in [7, 11) is 3.23. The van der Waals surface area contributed by atoms with Gasteiger partial charge in [0.25, 0.3) is 9.05 Å². The predicted octanol–water partition coefficient (Wildman–Crippen LogP) is 1.23. The van der Waals surface area contributed by atoms with Gasteiger partial charge in [0.15, 0.2) is 0 Å². The van der Waals surface area contributed by atoms with Crippen molar-refractivity contribution in [3.63, 3.8) is 0 Å². The van der Waals surface area contributed by atoms with Crippen LogP contribution in [0.15, 0.2) is 23.4 Å². The first kappa shape index (κ1) is 12.6. The summed E-state index contributed by atoms with van der Waals surface area (Å²) in [5.74, 6) is 0. The largest absolute Gasteiger partial charge is 0.380 e. The molecule has 0 amide bonds. The van der Waals surface area contributed by atoms with E-state index in [-0.39, 0.29) is 11.0 Å². The Morgan fingerprint density at radius 3 is 2.88 bits per heavy atom. The molecular weight excluding hydrogens is 264 g/mol. The maximum absolute atomic E-state index is 11.2. The van der Waals surface area contributed by atoms with Crippen LogP contribution >= 0.6 is 10.7 Å². The lowest BCUT2D eigenvalue weighted by Crippen LogP contribution is -2.22. The Hall–Kier alpha value is -0.850. The quantitative estimate of drug-likeness (QED) is 0.777. The van der Waals surface area contributed by atoms with Crippen molar-refractivity contribution >= 4 is 25.4 Å². The van der Waals surface area contributed by atoms with Crippen molar-refractivity contribution in [2.75, 3.05) is 25.1 Å². The number of nitrogens with zero attached hydrogens (tertiary/aromatic N) is 2. The molecule has 2 rings (SSSR count). The van der Waals surface area contributed by atoms with Crippen LogP contribution in [0, 0.1) is 0 Å². The summed E-state index contributed by atoms with van der Waals surface area (Å²) in [6.07, 6.45) is 3.99. The number of hydrogen-bond donors (Lipinski definition) is 0. The highest BCUT2D eigenvalue weighted by molar-refractivity contribution is 8.13. The lowest BCUT2D eigenvalue weighted by atomic mass is 10.3. The molecule has 0 unspecified atom stereocenters. The Labute approximate surface area is 105 Å². The smallest absolute Gasteiger partial charge is 0.262 e. The minimum atomic E-state index is -3.72. The van der Waals surface area contributed by atoms with Crippen LogP contribution in [0.2, 0.25) is 0 Å². The molecule has 0 N–H and O–H groups in total. The highest BCUT2D eigenvalue weighted by Crippen LogP contribution is 2.24. The van der Waals surface area contributed by atoms with E-state index in [0.29, 0.717) is 0 Å². The molecule has 0 radical (unpaired) electrons. The number of halogens is 1. The summed E-state index contributed by atoms with van der Waals surface area (Å²) in [6.45, 7) is 1.57. The molecule has 0 aromatic carbocycles. The second-order valence-electron chi connectivity index (χ2n) is 3.91. The van der Waals surface area contributed by atoms with Crippen molar-refractivity contribution in [2.45, 2.75) is 17.4 Å². The van der Waals surface area contributed by atoms with Gasteiger partial charge in [0.2, 0.25) is 0 Å². The maximum Gasteiger partial charge on any atom is 0.262 e. The van der Waals surface area contributed by atoms with Gasteiger partial charge >= 0.3 is 0 Å². The van der Waals surface area contributed by atoms with Gasteiger partial charge in [0.1, 0.15) is 4.90 Å². The molecule has 1 atom stereocenters. The van der Waals surface area contributed by atoms with Gasteiger partial charge in [-0.2, -0.15) is 0 Å². The fraction of sp³-hybridized carbons (Fsp3) is 0.500. The van der Waals surface area contributed by atoms with Gasteiger partial charge in [0.05, 0.1) is 18.0 Å². The number of methoxy groups -OCH3 is 1. The Bertz CT molecular complexity index is 506. The van der Waals surface area contributed by atoms with E-state index in [1.807, 2.05) is 4.90 Å². The third kappa shape index (κ3) is 2.88. The van der Waals surface area contributed by atoms with Gasteiger partial charge in [-0.3, -0.25) is 4.98 Å². The molecule has 1 fully saturated rings. The number of rotatable bonds is 3. The molecule has 1 saturated heterocycles. The van der Waals surface area contributed by atoms with E-state index >= 15 is 0 Å². The minimum Gasteiger partial charge on any atom is -0.380 e. The summed E-state index contributed by atoms with van der Waals surface area (Å²) < 4.78 is 27.7. The number of ether oxygens (including phenoxy) is 1. The molecular formula is C10H13ClN2O3S. The molecule has 0 bridgehead atoms. The van der Waals surface area contributed by atoms with E-state index < -0.39 is 9.05 Å². The van der Waals surface area contributed by atoms with Crippen LogP contribution in [0.25, 0.3) is 0 Å². The van der Waals surface area contributed by atoms with Crippen LogP contribution in [-0.4, -0.2) is 39.7 Å². The molecule has 17 heavy (non-hydrogen) atoms. The lowest BCUT2D eigenvalue weighted by molar-refractivity contribution is 0.121. The molecule has 94 valence electrons. The molecule has 7 heteroatoms. The zero-order valence-electron chi connectivity index (χ0n) is 9.34. The first-order valence-electron chi connectivity index (χ1n) is 5.18. The van der Waals surface area contributed by atoms with Crippen LogP contribution in [-0.2, 0) is 13.8 Å². The van der Waals surface area contributed by atoms with E-state index in [4.69, 9.17) is 15.4 Å². The third-order valence-electron chi connectivity index (χ3n) is 2.82. The van der Waals surface area contributed by atoms with Crippen molar-refractivity contribution in [2.24, 2.45) is 0 Å².